The van der Waals surface area contributed by atoms with Gasteiger partial charge in [-0.1, -0.05) is 0 Å². The molecule has 0 aliphatic carbocycles. The number of hydrogen-bond acceptors (Lipinski definition) is 5. The van der Waals surface area contributed by atoms with Gasteiger partial charge in [-0.2, -0.15) is 0 Å². The van der Waals surface area contributed by atoms with Gasteiger partial charge in [-0.05, 0) is 55.2 Å². The van der Waals surface area contributed by atoms with E-state index in [0.717, 1.165) is 16.8 Å². The van der Waals surface area contributed by atoms with Gasteiger partial charge in [0.1, 0.15) is 5.56 Å². The van der Waals surface area contributed by atoms with Crippen LogP contribution >= 0.6 is 0 Å². The van der Waals surface area contributed by atoms with E-state index >= 15 is 0 Å². The standard InChI is InChI=1S/C22H28N2O5/c1-14-10-15(2)24(8-9-27-3)22(26)20(14)21(25)23-7-6-16-11-18(28-4)19(29-5)12-17(16)13-23/h10-12H,6-9,13H2,1-5H3. The molecule has 2 heterocycles. The molecule has 7 nitrogen and oxygen atoms in total. The summed E-state index contributed by atoms with van der Waals surface area (Å²) in [5.41, 5.74) is 3.63. The predicted molar refractivity (Wildman–Crippen MR) is 110 cm³/mol. The summed E-state index contributed by atoms with van der Waals surface area (Å²) in [5.74, 6) is 1.08. The minimum absolute atomic E-state index is 0.232. The first kappa shape index (κ1) is 20.9. The van der Waals surface area contributed by atoms with E-state index < -0.39 is 0 Å². The highest BCUT2D eigenvalue weighted by Crippen LogP contribution is 2.33. The van der Waals surface area contributed by atoms with Crippen LogP contribution < -0.4 is 15.0 Å². The number of hydrogen-bond donors (Lipinski definition) is 0. The number of aryl methyl sites for hydroxylation is 2. The monoisotopic (exact) mass is 400 g/mol. The van der Waals surface area contributed by atoms with Gasteiger partial charge in [-0.25, -0.2) is 0 Å². The number of methoxy groups -OCH3 is 3. The minimum Gasteiger partial charge on any atom is -0.493 e. The fourth-order valence-electron chi connectivity index (χ4n) is 3.86. The molecule has 3 rings (SSSR count). The third kappa shape index (κ3) is 4.00. The van der Waals surface area contributed by atoms with Crippen molar-refractivity contribution >= 4 is 5.91 Å². The van der Waals surface area contributed by atoms with Crippen LogP contribution in [0.1, 0.15) is 32.7 Å². The van der Waals surface area contributed by atoms with Gasteiger partial charge in [0.2, 0.25) is 0 Å². The maximum atomic E-state index is 13.3. The first-order chi connectivity index (χ1) is 13.9. The van der Waals surface area contributed by atoms with Gasteiger partial charge in [-0.3, -0.25) is 9.59 Å². The number of carbonyl (C=O) groups is 1. The topological polar surface area (TPSA) is 70.0 Å². The van der Waals surface area contributed by atoms with Gasteiger partial charge >= 0.3 is 0 Å². The van der Waals surface area contributed by atoms with Crippen molar-refractivity contribution in [1.29, 1.82) is 0 Å². The number of benzene rings is 1. The van der Waals surface area contributed by atoms with Gasteiger partial charge in [-0.15, -0.1) is 0 Å². The van der Waals surface area contributed by atoms with Crippen molar-refractivity contribution in [2.45, 2.75) is 33.4 Å². The number of aromatic nitrogens is 1. The molecule has 29 heavy (non-hydrogen) atoms. The Morgan fingerprint density at radius 2 is 1.69 bits per heavy atom. The Morgan fingerprint density at radius 1 is 1.03 bits per heavy atom. The summed E-state index contributed by atoms with van der Waals surface area (Å²) in [6.07, 6.45) is 0.699. The second-order valence-electron chi connectivity index (χ2n) is 7.25. The number of fused-ring (bicyclic) bond motifs is 1. The van der Waals surface area contributed by atoms with Crippen molar-refractivity contribution in [1.82, 2.24) is 9.47 Å². The van der Waals surface area contributed by atoms with E-state index in [-0.39, 0.29) is 17.0 Å². The highest BCUT2D eigenvalue weighted by atomic mass is 16.5. The molecular weight excluding hydrogens is 372 g/mol. The number of amides is 1. The first-order valence-corrected chi connectivity index (χ1v) is 9.64. The van der Waals surface area contributed by atoms with Gasteiger partial charge in [0.25, 0.3) is 11.5 Å². The summed E-state index contributed by atoms with van der Waals surface area (Å²) >= 11 is 0. The molecule has 0 radical (unpaired) electrons. The van der Waals surface area contributed by atoms with E-state index in [1.54, 1.807) is 30.8 Å². The fraction of sp³-hybridized carbons (Fsp3) is 0.455. The molecule has 0 atom stereocenters. The molecule has 1 aromatic carbocycles. The van der Waals surface area contributed by atoms with Crippen LogP contribution in [0.3, 0.4) is 0 Å². The third-order valence-corrected chi connectivity index (χ3v) is 5.44. The highest BCUT2D eigenvalue weighted by Gasteiger charge is 2.27. The predicted octanol–water partition coefficient (Wildman–Crippen LogP) is 2.33. The van der Waals surface area contributed by atoms with Gasteiger partial charge in [0.15, 0.2) is 11.5 Å². The molecule has 0 fully saturated rings. The van der Waals surface area contributed by atoms with Crippen LogP contribution in [0, 0.1) is 13.8 Å². The molecule has 156 valence electrons. The smallest absolute Gasteiger partial charge is 0.263 e. The lowest BCUT2D eigenvalue weighted by Crippen LogP contribution is -2.41. The zero-order chi connectivity index (χ0) is 21.1. The Morgan fingerprint density at radius 3 is 2.31 bits per heavy atom. The van der Waals surface area contributed by atoms with Gasteiger partial charge in [0, 0.05) is 32.4 Å². The van der Waals surface area contributed by atoms with E-state index in [9.17, 15) is 9.59 Å². The number of ether oxygens (including phenoxy) is 3. The largest absolute Gasteiger partial charge is 0.493 e. The second-order valence-corrected chi connectivity index (χ2v) is 7.25. The van der Waals surface area contributed by atoms with Crippen LogP contribution in [0.25, 0.3) is 0 Å². The molecule has 0 saturated carbocycles. The number of rotatable bonds is 6. The SMILES string of the molecule is COCCn1c(C)cc(C)c(C(=O)N2CCc3cc(OC)c(OC)cc3C2)c1=O. The Labute approximate surface area is 170 Å². The summed E-state index contributed by atoms with van der Waals surface area (Å²) in [5, 5.41) is 0. The van der Waals surface area contributed by atoms with Crippen molar-refractivity contribution in [3.63, 3.8) is 0 Å². The fourth-order valence-corrected chi connectivity index (χ4v) is 3.86. The zero-order valence-corrected chi connectivity index (χ0v) is 17.7. The summed E-state index contributed by atoms with van der Waals surface area (Å²) in [6, 6.07) is 5.76. The average molecular weight is 400 g/mol. The average Bonchev–Trinajstić information content (AvgIpc) is 2.71. The Balaban J connectivity index is 1.94. The quantitative estimate of drug-likeness (QED) is 0.744. The lowest BCUT2D eigenvalue weighted by atomic mass is 9.97. The summed E-state index contributed by atoms with van der Waals surface area (Å²) in [7, 11) is 4.79. The summed E-state index contributed by atoms with van der Waals surface area (Å²) in [6.45, 7) is 5.49. The molecular formula is C22H28N2O5. The van der Waals surface area contributed by atoms with Crippen LogP contribution in [0.15, 0.2) is 23.0 Å². The molecule has 7 heteroatoms. The third-order valence-electron chi connectivity index (χ3n) is 5.44. The molecule has 1 aliphatic heterocycles. The van der Waals surface area contributed by atoms with E-state index in [1.165, 1.54) is 0 Å². The van der Waals surface area contributed by atoms with Crippen molar-refractivity contribution in [3.8, 4) is 11.5 Å². The van der Waals surface area contributed by atoms with E-state index in [4.69, 9.17) is 14.2 Å². The lowest BCUT2D eigenvalue weighted by Gasteiger charge is -2.30. The van der Waals surface area contributed by atoms with Crippen LogP contribution in [0.4, 0.5) is 0 Å². The Bertz CT molecular complexity index is 980. The maximum Gasteiger partial charge on any atom is 0.263 e. The van der Waals surface area contributed by atoms with Crippen LogP contribution in [0.2, 0.25) is 0 Å². The van der Waals surface area contributed by atoms with Crippen LogP contribution in [-0.4, -0.2) is 49.9 Å². The number of pyridine rings is 1. The molecule has 0 saturated heterocycles. The molecule has 0 spiro atoms. The number of nitrogens with zero attached hydrogens (tertiary/aromatic N) is 2. The molecule has 1 amide bonds. The van der Waals surface area contributed by atoms with E-state index in [2.05, 4.69) is 0 Å². The summed E-state index contributed by atoms with van der Waals surface area (Å²) < 4.78 is 17.5. The van der Waals surface area contributed by atoms with E-state index in [1.807, 2.05) is 32.0 Å². The molecule has 1 aliphatic rings. The second kappa shape index (κ2) is 8.69. The molecule has 0 N–H and O–H groups in total. The van der Waals surface area contributed by atoms with Crippen molar-refractivity contribution in [2.75, 3.05) is 34.5 Å². The van der Waals surface area contributed by atoms with Crippen molar-refractivity contribution in [2.24, 2.45) is 0 Å². The molecule has 2 aromatic rings. The van der Waals surface area contributed by atoms with Crippen LogP contribution in [-0.2, 0) is 24.2 Å². The Hall–Kier alpha value is -2.80. The molecule has 0 unspecified atom stereocenters. The van der Waals surface area contributed by atoms with Gasteiger partial charge < -0.3 is 23.7 Å². The summed E-state index contributed by atoms with van der Waals surface area (Å²) in [4.78, 5) is 28.1. The minimum atomic E-state index is -0.261. The van der Waals surface area contributed by atoms with Crippen LogP contribution in [0.5, 0.6) is 11.5 Å². The normalized spacial score (nSPS) is 13.2. The molecule has 0 bridgehead atoms. The zero-order valence-electron chi connectivity index (χ0n) is 17.7. The maximum absolute atomic E-state index is 13.3. The van der Waals surface area contributed by atoms with Crippen molar-refractivity contribution in [3.05, 3.63) is 56.5 Å². The lowest BCUT2D eigenvalue weighted by molar-refractivity contribution is 0.0730. The van der Waals surface area contributed by atoms with Crippen molar-refractivity contribution < 1.29 is 19.0 Å². The van der Waals surface area contributed by atoms with Gasteiger partial charge in [0.05, 0.1) is 20.8 Å². The molecule has 1 aromatic heterocycles. The number of carbonyl (C=O) groups excluding carboxylic acids is 1. The van der Waals surface area contributed by atoms with E-state index in [0.29, 0.717) is 49.7 Å². The Kier molecular flexibility index (Phi) is 6.27. The first-order valence-electron chi connectivity index (χ1n) is 9.64. The highest BCUT2D eigenvalue weighted by molar-refractivity contribution is 5.95.